The van der Waals surface area contributed by atoms with Crippen LogP contribution >= 0.6 is 11.6 Å². The number of hydrogen-bond acceptors (Lipinski definition) is 2. The molecule has 1 rings (SSSR count). The molecule has 0 aliphatic rings. The standard InChI is InChI=1S/C21H36ClNO/c1-8-10-24-19-15(12-17(23)9-2)11-16(13-18(19)22)21(6,7)14-20(3,4)5/h11,13,17H,8-10,12,14,23H2,1-7H3. The van der Waals surface area contributed by atoms with E-state index in [1.807, 2.05) is 0 Å². The second-order valence-corrected chi connectivity index (χ2v) is 9.20. The average molecular weight is 354 g/mol. The molecule has 0 radical (unpaired) electrons. The predicted octanol–water partition coefficient (Wildman–Crippen LogP) is 6.12. The van der Waals surface area contributed by atoms with Gasteiger partial charge in [-0.25, -0.2) is 0 Å². The largest absolute Gasteiger partial charge is 0.492 e. The Morgan fingerprint density at radius 3 is 2.25 bits per heavy atom. The fourth-order valence-corrected chi connectivity index (χ4v) is 3.71. The van der Waals surface area contributed by atoms with E-state index in [1.54, 1.807) is 0 Å². The van der Waals surface area contributed by atoms with Crippen LogP contribution in [0.5, 0.6) is 5.75 Å². The summed E-state index contributed by atoms with van der Waals surface area (Å²) in [6.07, 6.45) is 3.80. The number of benzene rings is 1. The summed E-state index contributed by atoms with van der Waals surface area (Å²) in [6, 6.07) is 4.48. The molecule has 0 aliphatic carbocycles. The summed E-state index contributed by atoms with van der Waals surface area (Å²) in [4.78, 5) is 0. The molecule has 2 nitrogen and oxygen atoms in total. The van der Waals surface area contributed by atoms with Crippen molar-refractivity contribution >= 4 is 11.6 Å². The average Bonchev–Trinajstić information content (AvgIpc) is 2.43. The monoisotopic (exact) mass is 353 g/mol. The van der Waals surface area contributed by atoms with Gasteiger partial charge in [-0.05, 0) is 53.7 Å². The first kappa shape index (κ1) is 21.3. The summed E-state index contributed by atoms with van der Waals surface area (Å²) in [6.45, 7) is 16.3. The van der Waals surface area contributed by atoms with Gasteiger partial charge >= 0.3 is 0 Å². The minimum Gasteiger partial charge on any atom is -0.492 e. The highest BCUT2D eigenvalue weighted by Crippen LogP contribution is 2.40. The van der Waals surface area contributed by atoms with Crippen LogP contribution in [0.15, 0.2) is 12.1 Å². The maximum Gasteiger partial charge on any atom is 0.141 e. The van der Waals surface area contributed by atoms with Crippen molar-refractivity contribution in [2.24, 2.45) is 11.1 Å². The van der Waals surface area contributed by atoms with E-state index in [1.165, 1.54) is 5.56 Å². The first-order valence-corrected chi connectivity index (χ1v) is 9.59. The summed E-state index contributed by atoms with van der Waals surface area (Å²) in [5.74, 6) is 0.817. The fraction of sp³-hybridized carbons (Fsp3) is 0.714. The van der Waals surface area contributed by atoms with Gasteiger partial charge in [0.25, 0.3) is 0 Å². The van der Waals surface area contributed by atoms with E-state index >= 15 is 0 Å². The summed E-state index contributed by atoms with van der Waals surface area (Å²) < 4.78 is 5.94. The van der Waals surface area contributed by atoms with Gasteiger partial charge < -0.3 is 10.5 Å². The van der Waals surface area contributed by atoms with E-state index < -0.39 is 0 Å². The lowest BCUT2D eigenvalue weighted by atomic mass is 9.72. The lowest BCUT2D eigenvalue weighted by Crippen LogP contribution is -2.26. The van der Waals surface area contributed by atoms with E-state index in [4.69, 9.17) is 22.1 Å². The van der Waals surface area contributed by atoms with Crippen molar-refractivity contribution in [3.63, 3.8) is 0 Å². The maximum atomic E-state index is 6.61. The molecule has 138 valence electrons. The smallest absolute Gasteiger partial charge is 0.141 e. The van der Waals surface area contributed by atoms with Gasteiger partial charge in [-0.15, -0.1) is 0 Å². The molecule has 1 aromatic carbocycles. The molecular formula is C21H36ClNO. The Morgan fingerprint density at radius 1 is 1.12 bits per heavy atom. The second kappa shape index (κ2) is 8.58. The molecule has 0 aromatic heterocycles. The molecule has 0 amide bonds. The van der Waals surface area contributed by atoms with Crippen LogP contribution in [-0.4, -0.2) is 12.6 Å². The Morgan fingerprint density at radius 2 is 1.75 bits per heavy atom. The van der Waals surface area contributed by atoms with Gasteiger partial charge in [-0.1, -0.05) is 66.1 Å². The minimum absolute atomic E-state index is 0.0518. The Balaban J connectivity index is 3.28. The zero-order valence-electron chi connectivity index (χ0n) is 16.6. The molecule has 0 saturated carbocycles. The van der Waals surface area contributed by atoms with Gasteiger partial charge in [0.1, 0.15) is 5.75 Å². The van der Waals surface area contributed by atoms with Crippen molar-refractivity contribution in [3.05, 3.63) is 28.3 Å². The molecule has 1 unspecified atom stereocenters. The lowest BCUT2D eigenvalue weighted by Gasteiger charge is -2.34. The van der Waals surface area contributed by atoms with Crippen molar-refractivity contribution < 1.29 is 4.74 Å². The third-order valence-corrected chi connectivity index (χ3v) is 4.61. The van der Waals surface area contributed by atoms with Crippen LogP contribution in [0.1, 0.15) is 78.9 Å². The van der Waals surface area contributed by atoms with Crippen molar-refractivity contribution in [1.82, 2.24) is 0 Å². The summed E-state index contributed by atoms with van der Waals surface area (Å²) in [7, 11) is 0. The molecule has 3 heteroatoms. The minimum atomic E-state index is 0.0518. The molecule has 0 aliphatic heterocycles. The third kappa shape index (κ3) is 6.29. The summed E-state index contributed by atoms with van der Waals surface area (Å²) in [5, 5.41) is 0.709. The molecule has 1 atom stereocenters. The highest BCUT2D eigenvalue weighted by molar-refractivity contribution is 6.32. The van der Waals surface area contributed by atoms with Gasteiger partial charge in [-0.3, -0.25) is 0 Å². The molecule has 0 fully saturated rings. The number of rotatable bonds is 8. The first-order valence-electron chi connectivity index (χ1n) is 9.21. The second-order valence-electron chi connectivity index (χ2n) is 8.79. The molecule has 24 heavy (non-hydrogen) atoms. The van der Waals surface area contributed by atoms with Crippen LogP contribution in [0.3, 0.4) is 0 Å². The van der Waals surface area contributed by atoms with Crippen LogP contribution < -0.4 is 10.5 Å². The van der Waals surface area contributed by atoms with Gasteiger partial charge in [-0.2, -0.15) is 0 Å². The summed E-state index contributed by atoms with van der Waals surface area (Å²) in [5.41, 5.74) is 8.93. The van der Waals surface area contributed by atoms with Crippen molar-refractivity contribution in [3.8, 4) is 5.75 Å². The first-order chi connectivity index (χ1) is 11.0. The zero-order chi connectivity index (χ0) is 18.5. The highest BCUT2D eigenvalue weighted by Gasteiger charge is 2.29. The topological polar surface area (TPSA) is 35.2 Å². The number of halogens is 1. The molecule has 1 aromatic rings. The van der Waals surface area contributed by atoms with Gasteiger partial charge in [0, 0.05) is 6.04 Å². The van der Waals surface area contributed by atoms with E-state index in [0.717, 1.165) is 37.0 Å². The van der Waals surface area contributed by atoms with Crippen LogP contribution in [0.25, 0.3) is 0 Å². The normalized spacial score (nSPS) is 13.9. The van der Waals surface area contributed by atoms with Crippen LogP contribution in [0, 0.1) is 5.41 Å². The van der Waals surface area contributed by atoms with Gasteiger partial charge in [0.05, 0.1) is 11.6 Å². The van der Waals surface area contributed by atoms with E-state index in [0.29, 0.717) is 11.6 Å². The van der Waals surface area contributed by atoms with Crippen molar-refractivity contribution in [2.45, 2.75) is 85.6 Å². The molecule has 2 N–H and O–H groups in total. The Kier molecular flexibility index (Phi) is 7.62. The molecule has 0 saturated heterocycles. The maximum absolute atomic E-state index is 6.61. The quantitative estimate of drug-likeness (QED) is 0.610. The number of hydrogen-bond donors (Lipinski definition) is 1. The molecular weight excluding hydrogens is 318 g/mol. The van der Waals surface area contributed by atoms with E-state index in [9.17, 15) is 0 Å². The van der Waals surface area contributed by atoms with Gasteiger partial charge in [0.2, 0.25) is 0 Å². The molecule has 0 heterocycles. The van der Waals surface area contributed by atoms with Crippen LogP contribution in [0.4, 0.5) is 0 Å². The molecule has 0 bridgehead atoms. The predicted molar refractivity (Wildman–Crippen MR) is 106 cm³/mol. The number of ether oxygens (including phenoxy) is 1. The number of nitrogens with two attached hydrogens (primary N) is 1. The third-order valence-electron chi connectivity index (χ3n) is 4.33. The fourth-order valence-electron chi connectivity index (χ4n) is 3.41. The Bertz CT molecular complexity index is 531. The van der Waals surface area contributed by atoms with Crippen LogP contribution in [-0.2, 0) is 11.8 Å². The SMILES string of the molecule is CCCOc1c(Cl)cc(C(C)(C)CC(C)(C)C)cc1CC(N)CC. The van der Waals surface area contributed by atoms with Gasteiger partial charge in [0.15, 0.2) is 0 Å². The summed E-state index contributed by atoms with van der Waals surface area (Å²) >= 11 is 6.61. The Labute approximate surface area is 154 Å². The zero-order valence-corrected chi connectivity index (χ0v) is 17.4. The molecule has 0 spiro atoms. The van der Waals surface area contributed by atoms with E-state index in [-0.39, 0.29) is 16.9 Å². The Hall–Kier alpha value is -0.730. The van der Waals surface area contributed by atoms with Crippen LogP contribution in [0.2, 0.25) is 5.02 Å². The van der Waals surface area contributed by atoms with E-state index in [2.05, 4.69) is 60.6 Å². The highest BCUT2D eigenvalue weighted by atomic mass is 35.5. The van der Waals surface area contributed by atoms with Crippen molar-refractivity contribution in [1.29, 1.82) is 0 Å². The van der Waals surface area contributed by atoms with Crippen molar-refractivity contribution in [2.75, 3.05) is 6.61 Å². The lowest BCUT2D eigenvalue weighted by molar-refractivity contribution is 0.283.